The van der Waals surface area contributed by atoms with Crippen molar-refractivity contribution in [3.05, 3.63) is 58.6 Å². The second-order valence-electron chi connectivity index (χ2n) is 4.89. The number of methoxy groups -OCH3 is 2. The summed E-state index contributed by atoms with van der Waals surface area (Å²) in [5, 5.41) is 3.38. The van der Waals surface area contributed by atoms with Crippen LogP contribution in [-0.2, 0) is 4.79 Å². The van der Waals surface area contributed by atoms with Gasteiger partial charge in [0.15, 0.2) is 0 Å². The van der Waals surface area contributed by atoms with Crippen molar-refractivity contribution in [3.8, 4) is 11.5 Å². The van der Waals surface area contributed by atoms with Crippen LogP contribution in [0.2, 0.25) is 5.02 Å². The first kappa shape index (κ1) is 16.9. The van der Waals surface area contributed by atoms with E-state index in [0.717, 1.165) is 11.1 Å². The number of ether oxygens (including phenoxy) is 2. The van der Waals surface area contributed by atoms with Gasteiger partial charge in [-0.3, -0.25) is 4.79 Å². The van der Waals surface area contributed by atoms with E-state index in [4.69, 9.17) is 21.1 Å². The van der Waals surface area contributed by atoms with Crippen LogP contribution in [0, 0.1) is 6.92 Å². The third-order valence-electron chi connectivity index (χ3n) is 3.29. The topological polar surface area (TPSA) is 47.6 Å². The molecule has 2 rings (SSSR count). The summed E-state index contributed by atoms with van der Waals surface area (Å²) in [7, 11) is 3.16. The van der Waals surface area contributed by atoms with E-state index >= 15 is 0 Å². The lowest BCUT2D eigenvalue weighted by Gasteiger charge is -2.07. The van der Waals surface area contributed by atoms with Gasteiger partial charge in [0.05, 0.1) is 14.2 Å². The van der Waals surface area contributed by atoms with Crippen LogP contribution in [0.4, 0.5) is 5.69 Å². The van der Waals surface area contributed by atoms with Crippen molar-refractivity contribution in [2.75, 3.05) is 19.5 Å². The van der Waals surface area contributed by atoms with Crippen LogP contribution in [-0.4, -0.2) is 20.1 Å². The quantitative estimate of drug-likeness (QED) is 0.830. The van der Waals surface area contributed by atoms with Gasteiger partial charge in [0.1, 0.15) is 11.5 Å². The summed E-state index contributed by atoms with van der Waals surface area (Å²) >= 11 is 6.04. The molecule has 0 atom stereocenters. The predicted octanol–water partition coefficient (Wildman–Crippen LogP) is 4.32. The van der Waals surface area contributed by atoms with Gasteiger partial charge in [0.25, 0.3) is 0 Å². The zero-order chi connectivity index (χ0) is 16.8. The number of anilines is 1. The lowest BCUT2D eigenvalue weighted by Crippen LogP contribution is -2.07. The van der Waals surface area contributed by atoms with Gasteiger partial charge in [0, 0.05) is 28.4 Å². The maximum Gasteiger partial charge on any atom is 0.248 e. The van der Waals surface area contributed by atoms with Gasteiger partial charge in [0.2, 0.25) is 5.91 Å². The maximum atomic E-state index is 12.0. The van der Waals surface area contributed by atoms with E-state index in [1.54, 1.807) is 44.6 Å². The van der Waals surface area contributed by atoms with E-state index in [9.17, 15) is 4.79 Å². The number of benzene rings is 2. The highest BCUT2D eigenvalue weighted by molar-refractivity contribution is 6.31. The predicted molar refractivity (Wildman–Crippen MR) is 93.4 cm³/mol. The van der Waals surface area contributed by atoms with Gasteiger partial charge in [-0.1, -0.05) is 17.7 Å². The van der Waals surface area contributed by atoms with Crippen molar-refractivity contribution in [1.82, 2.24) is 0 Å². The van der Waals surface area contributed by atoms with Crippen LogP contribution in [0.3, 0.4) is 0 Å². The van der Waals surface area contributed by atoms with Crippen LogP contribution in [0.15, 0.2) is 42.5 Å². The molecule has 0 saturated carbocycles. The summed E-state index contributed by atoms with van der Waals surface area (Å²) in [6, 6.07) is 10.8. The highest BCUT2D eigenvalue weighted by atomic mass is 35.5. The van der Waals surface area contributed by atoms with Crippen LogP contribution < -0.4 is 14.8 Å². The van der Waals surface area contributed by atoms with Crippen molar-refractivity contribution < 1.29 is 14.3 Å². The van der Waals surface area contributed by atoms with E-state index in [0.29, 0.717) is 22.2 Å². The summed E-state index contributed by atoms with van der Waals surface area (Å²) in [6.07, 6.45) is 3.13. The summed E-state index contributed by atoms with van der Waals surface area (Å²) in [5.74, 6) is 1.08. The molecule has 0 fully saturated rings. The van der Waals surface area contributed by atoms with Gasteiger partial charge in [-0.2, -0.15) is 0 Å². The fourth-order valence-electron chi connectivity index (χ4n) is 1.98. The average Bonchev–Trinajstić information content (AvgIpc) is 2.56. The number of aryl methyl sites for hydroxylation is 1. The maximum absolute atomic E-state index is 12.0. The second-order valence-corrected chi connectivity index (χ2v) is 5.30. The summed E-state index contributed by atoms with van der Waals surface area (Å²) in [5.41, 5.74) is 2.39. The van der Waals surface area contributed by atoms with Gasteiger partial charge >= 0.3 is 0 Å². The Morgan fingerprint density at radius 1 is 1.13 bits per heavy atom. The number of hydrogen-bond acceptors (Lipinski definition) is 3. The van der Waals surface area contributed by atoms with Gasteiger partial charge in [-0.05, 0) is 42.8 Å². The van der Waals surface area contributed by atoms with E-state index in [1.807, 2.05) is 19.1 Å². The van der Waals surface area contributed by atoms with Crippen LogP contribution in [0.25, 0.3) is 6.08 Å². The third kappa shape index (κ3) is 4.50. The van der Waals surface area contributed by atoms with Crippen LogP contribution in [0.5, 0.6) is 11.5 Å². The molecule has 2 aromatic rings. The smallest absolute Gasteiger partial charge is 0.248 e. The highest BCUT2D eigenvalue weighted by Crippen LogP contribution is 2.25. The molecule has 23 heavy (non-hydrogen) atoms. The molecule has 0 unspecified atom stereocenters. The number of carbonyl (C=O) groups excluding carboxylic acids is 1. The van der Waals surface area contributed by atoms with Crippen molar-refractivity contribution in [2.24, 2.45) is 0 Å². The molecule has 0 aliphatic carbocycles. The first-order valence-electron chi connectivity index (χ1n) is 7.00. The highest BCUT2D eigenvalue weighted by Gasteiger charge is 2.04. The Hall–Kier alpha value is -2.46. The number of amides is 1. The van der Waals surface area contributed by atoms with Crippen molar-refractivity contribution in [1.29, 1.82) is 0 Å². The number of nitrogens with one attached hydrogen (secondary N) is 1. The summed E-state index contributed by atoms with van der Waals surface area (Å²) in [6.45, 7) is 1.91. The minimum atomic E-state index is -0.247. The molecule has 1 N–H and O–H groups in total. The Morgan fingerprint density at radius 3 is 2.57 bits per heavy atom. The Kier molecular flexibility index (Phi) is 5.66. The molecule has 0 spiro atoms. The molecule has 120 valence electrons. The monoisotopic (exact) mass is 331 g/mol. The Balaban J connectivity index is 2.10. The lowest BCUT2D eigenvalue weighted by atomic mass is 10.1. The fourth-order valence-corrected chi connectivity index (χ4v) is 2.16. The van der Waals surface area contributed by atoms with Crippen molar-refractivity contribution >= 4 is 29.3 Å². The SMILES string of the molecule is COc1ccc(C=CC(=O)Nc2ccc(C)c(Cl)c2)c(OC)c1. The number of halogens is 1. The molecule has 0 bridgehead atoms. The first-order chi connectivity index (χ1) is 11.0. The number of rotatable bonds is 5. The average molecular weight is 332 g/mol. The molecule has 5 heteroatoms. The zero-order valence-electron chi connectivity index (χ0n) is 13.2. The Bertz CT molecular complexity index is 741. The van der Waals surface area contributed by atoms with Gasteiger partial charge < -0.3 is 14.8 Å². The largest absolute Gasteiger partial charge is 0.497 e. The standard InChI is InChI=1S/C18H18ClNO3/c1-12-4-7-14(10-16(12)19)20-18(21)9-6-13-5-8-15(22-2)11-17(13)23-3/h4-11H,1-3H3,(H,20,21). The third-order valence-corrected chi connectivity index (χ3v) is 3.70. The molecule has 4 nitrogen and oxygen atoms in total. The first-order valence-corrected chi connectivity index (χ1v) is 7.38. The van der Waals surface area contributed by atoms with E-state index < -0.39 is 0 Å². The molecule has 0 aliphatic heterocycles. The van der Waals surface area contributed by atoms with E-state index in [2.05, 4.69) is 5.32 Å². The van der Waals surface area contributed by atoms with Gasteiger partial charge in [-0.25, -0.2) is 0 Å². The van der Waals surface area contributed by atoms with E-state index in [-0.39, 0.29) is 5.91 Å². The van der Waals surface area contributed by atoms with Gasteiger partial charge in [-0.15, -0.1) is 0 Å². The normalized spacial score (nSPS) is 10.6. The lowest BCUT2D eigenvalue weighted by molar-refractivity contribution is -0.111. The molecule has 0 radical (unpaired) electrons. The Labute approximate surface area is 140 Å². The molecule has 1 amide bonds. The van der Waals surface area contributed by atoms with Crippen LogP contribution in [0.1, 0.15) is 11.1 Å². The molecule has 0 heterocycles. The van der Waals surface area contributed by atoms with Crippen LogP contribution >= 0.6 is 11.6 Å². The van der Waals surface area contributed by atoms with Crippen molar-refractivity contribution in [2.45, 2.75) is 6.92 Å². The Morgan fingerprint density at radius 2 is 1.91 bits per heavy atom. The number of carbonyl (C=O) groups is 1. The zero-order valence-corrected chi connectivity index (χ0v) is 14.0. The van der Waals surface area contributed by atoms with Crippen molar-refractivity contribution in [3.63, 3.8) is 0 Å². The molecule has 0 aliphatic rings. The van der Waals surface area contributed by atoms with E-state index in [1.165, 1.54) is 6.08 Å². The number of hydrogen-bond donors (Lipinski definition) is 1. The minimum absolute atomic E-state index is 0.247. The molecular weight excluding hydrogens is 314 g/mol. The minimum Gasteiger partial charge on any atom is -0.497 e. The summed E-state index contributed by atoms with van der Waals surface area (Å²) in [4.78, 5) is 12.0. The second kappa shape index (κ2) is 7.70. The molecule has 0 saturated heterocycles. The summed E-state index contributed by atoms with van der Waals surface area (Å²) < 4.78 is 10.4. The molecular formula is C18H18ClNO3. The fraction of sp³-hybridized carbons (Fsp3) is 0.167. The molecule has 0 aromatic heterocycles. The molecule has 2 aromatic carbocycles.